The molecule has 1 aromatic carbocycles. The lowest BCUT2D eigenvalue weighted by molar-refractivity contribution is -0.146. The maximum atomic E-state index is 14.7. The number of aromatic nitrogens is 4. The summed E-state index contributed by atoms with van der Waals surface area (Å²) in [6.07, 6.45) is 2.48. The average Bonchev–Trinajstić information content (AvgIpc) is 3.51. The zero-order valence-corrected chi connectivity index (χ0v) is 18.4. The molecule has 1 fully saturated rings. The highest BCUT2D eigenvalue weighted by molar-refractivity contribution is 6.38. The van der Waals surface area contributed by atoms with E-state index in [0.29, 0.717) is 36.0 Å². The summed E-state index contributed by atoms with van der Waals surface area (Å²) < 4.78 is 16.1. The van der Waals surface area contributed by atoms with Crippen LogP contribution < -0.4 is 5.32 Å². The molecule has 2 aliphatic heterocycles. The molecule has 1 N–H and O–H groups in total. The highest BCUT2D eigenvalue weighted by Gasteiger charge is 2.39. The van der Waals surface area contributed by atoms with E-state index in [2.05, 4.69) is 20.4 Å². The van der Waals surface area contributed by atoms with E-state index in [-0.39, 0.29) is 31.1 Å². The van der Waals surface area contributed by atoms with Crippen molar-refractivity contribution in [3.05, 3.63) is 65.6 Å². The molecule has 0 spiro atoms. The van der Waals surface area contributed by atoms with Gasteiger partial charge in [-0.3, -0.25) is 14.4 Å². The number of hydrogen-bond acceptors (Lipinski definition) is 7. The van der Waals surface area contributed by atoms with Crippen molar-refractivity contribution in [3.8, 4) is 5.82 Å². The van der Waals surface area contributed by atoms with Crippen LogP contribution in [0.1, 0.15) is 27.7 Å². The number of piperazine rings is 1. The standard InChI is InChI=1S/C23H22FN7O3/c1-14-27-13-31(28-14)21-19-18(17(24)12-26-21)16(11-25-19)20(32)23(34)30-9-7-29(8-10-30)22(33)15-5-3-2-4-6-15/h2-6,12-13,16,25H,7-11H2,1H3. The zero-order valence-electron chi connectivity index (χ0n) is 18.4. The van der Waals surface area contributed by atoms with Gasteiger partial charge in [-0.15, -0.1) is 0 Å². The van der Waals surface area contributed by atoms with E-state index >= 15 is 0 Å². The molecule has 10 nitrogen and oxygen atoms in total. The summed E-state index contributed by atoms with van der Waals surface area (Å²) in [5.41, 5.74) is 1.01. The van der Waals surface area contributed by atoms with Crippen LogP contribution in [0, 0.1) is 12.7 Å². The molecule has 34 heavy (non-hydrogen) atoms. The van der Waals surface area contributed by atoms with Gasteiger partial charge in [-0.2, -0.15) is 5.10 Å². The Labute approximate surface area is 194 Å². The third-order valence-electron chi connectivity index (χ3n) is 6.11. The molecule has 1 atom stereocenters. The molecule has 2 amide bonds. The molecule has 174 valence electrons. The first-order chi connectivity index (χ1) is 16.4. The van der Waals surface area contributed by atoms with Gasteiger partial charge in [0.25, 0.3) is 11.8 Å². The average molecular weight is 463 g/mol. The molecule has 0 bridgehead atoms. The number of halogens is 1. The van der Waals surface area contributed by atoms with Crippen LogP contribution in [0.3, 0.4) is 0 Å². The number of rotatable bonds is 4. The van der Waals surface area contributed by atoms with Crippen molar-refractivity contribution in [1.29, 1.82) is 0 Å². The van der Waals surface area contributed by atoms with E-state index in [1.54, 1.807) is 36.1 Å². The fourth-order valence-corrected chi connectivity index (χ4v) is 4.34. The summed E-state index contributed by atoms with van der Waals surface area (Å²) >= 11 is 0. The van der Waals surface area contributed by atoms with Crippen molar-refractivity contribution in [2.24, 2.45) is 0 Å². The number of carbonyl (C=O) groups is 3. The zero-order chi connectivity index (χ0) is 23.8. The largest absolute Gasteiger partial charge is 0.381 e. The number of anilines is 1. The molecule has 11 heteroatoms. The number of aryl methyl sites for hydroxylation is 1. The molecular weight excluding hydrogens is 441 g/mol. The lowest BCUT2D eigenvalue weighted by Crippen LogP contribution is -2.52. The van der Waals surface area contributed by atoms with Crippen molar-refractivity contribution >= 4 is 23.3 Å². The summed E-state index contributed by atoms with van der Waals surface area (Å²) in [7, 11) is 0. The van der Waals surface area contributed by atoms with Crippen LogP contribution in [0.15, 0.2) is 42.9 Å². The molecule has 2 aliphatic rings. The minimum Gasteiger partial charge on any atom is -0.381 e. The normalized spacial score (nSPS) is 17.3. The first kappa shape index (κ1) is 21.7. The molecule has 0 saturated carbocycles. The second kappa shape index (κ2) is 8.65. The van der Waals surface area contributed by atoms with Gasteiger partial charge in [-0.25, -0.2) is 19.0 Å². The van der Waals surface area contributed by atoms with Crippen molar-refractivity contribution in [1.82, 2.24) is 29.5 Å². The maximum Gasteiger partial charge on any atom is 0.290 e. The summed E-state index contributed by atoms with van der Waals surface area (Å²) in [5.74, 6) is -2.29. The summed E-state index contributed by atoms with van der Waals surface area (Å²) in [4.78, 5) is 50.0. The van der Waals surface area contributed by atoms with E-state index in [1.807, 2.05) is 6.07 Å². The Kier molecular flexibility index (Phi) is 5.52. The van der Waals surface area contributed by atoms with Crippen LogP contribution in [0.2, 0.25) is 0 Å². The molecular formula is C23H22FN7O3. The molecule has 1 unspecified atom stereocenters. The number of Topliss-reactive ketones (excluding diaryl/α,β-unsaturated/α-hetero) is 1. The van der Waals surface area contributed by atoms with Gasteiger partial charge in [0, 0.05) is 43.9 Å². The molecule has 0 radical (unpaired) electrons. The van der Waals surface area contributed by atoms with Gasteiger partial charge in [0.2, 0.25) is 5.78 Å². The number of hydrogen-bond donors (Lipinski definition) is 1. The van der Waals surface area contributed by atoms with Crippen LogP contribution >= 0.6 is 0 Å². The Morgan fingerprint density at radius 1 is 1.03 bits per heavy atom. The number of nitrogens with zero attached hydrogens (tertiary/aromatic N) is 6. The minimum absolute atomic E-state index is 0.0790. The Hall–Kier alpha value is -4.15. The number of amides is 2. The van der Waals surface area contributed by atoms with Crippen LogP contribution in [0.5, 0.6) is 0 Å². The van der Waals surface area contributed by atoms with Gasteiger partial charge in [0.1, 0.15) is 18.0 Å². The molecule has 3 aromatic rings. The van der Waals surface area contributed by atoms with E-state index < -0.39 is 23.4 Å². The maximum absolute atomic E-state index is 14.7. The third kappa shape index (κ3) is 3.78. The predicted molar refractivity (Wildman–Crippen MR) is 119 cm³/mol. The molecule has 5 rings (SSSR count). The molecule has 0 aliphatic carbocycles. The molecule has 1 saturated heterocycles. The number of carbonyl (C=O) groups excluding carboxylic acids is 3. The lowest BCUT2D eigenvalue weighted by atomic mass is 9.96. The Morgan fingerprint density at radius 3 is 2.41 bits per heavy atom. The van der Waals surface area contributed by atoms with Crippen LogP contribution in [0.25, 0.3) is 5.82 Å². The Balaban J connectivity index is 1.29. The second-order valence-corrected chi connectivity index (χ2v) is 8.20. The topological polar surface area (TPSA) is 113 Å². The number of pyridine rings is 1. The fourth-order valence-electron chi connectivity index (χ4n) is 4.34. The number of fused-ring (bicyclic) bond motifs is 1. The summed E-state index contributed by atoms with van der Waals surface area (Å²) in [6, 6.07) is 8.91. The SMILES string of the molecule is Cc1ncn(-c2ncc(F)c3c2NCC3C(=O)C(=O)N2CCN(C(=O)c3ccccc3)CC2)n1. The minimum atomic E-state index is -0.974. The van der Waals surface area contributed by atoms with Crippen molar-refractivity contribution in [3.63, 3.8) is 0 Å². The Bertz CT molecular complexity index is 1270. The Morgan fingerprint density at radius 2 is 1.74 bits per heavy atom. The highest BCUT2D eigenvalue weighted by atomic mass is 19.1. The highest BCUT2D eigenvalue weighted by Crippen LogP contribution is 2.37. The number of benzene rings is 1. The van der Waals surface area contributed by atoms with E-state index in [0.717, 1.165) is 6.20 Å². The lowest BCUT2D eigenvalue weighted by Gasteiger charge is -2.34. The van der Waals surface area contributed by atoms with E-state index in [4.69, 9.17) is 0 Å². The summed E-state index contributed by atoms with van der Waals surface area (Å²) in [5, 5.41) is 7.21. The van der Waals surface area contributed by atoms with Crippen molar-refractivity contribution in [2.45, 2.75) is 12.8 Å². The smallest absolute Gasteiger partial charge is 0.290 e. The van der Waals surface area contributed by atoms with Gasteiger partial charge in [-0.1, -0.05) is 18.2 Å². The van der Waals surface area contributed by atoms with Gasteiger partial charge in [0.15, 0.2) is 5.82 Å². The predicted octanol–water partition coefficient (Wildman–Crippen LogP) is 1.17. The monoisotopic (exact) mass is 463 g/mol. The van der Waals surface area contributed by atoms with Gasteiger partial charge >= 0.3 is 0 Å². The van der Waals surface area contributed by atoms with Crippen molar-refractivity contribution < 1.29 is 18.8 Å². The first-order valence-electron chi connectivity index (χ1n) is 10.9. The second-order valence-electron chi connectivity index (χ2n) is 8.20. The number of ketones is 1. The van der Waals surface area contributed by atoms with Crippen LogP contribution in [-0.2, 0) is 9.59 Å². The molecule has 2 aromatic heterocycles. The van der Waals surface area contributed by atoms with Gasteiger partial charge in [0.05, 0.1) is 17.8 Å². The van der Waals surface area contributed by atoms with E-state index in [1.165, 1.54) is 15.9 Å². The number of nitrogens with one attached hydrogen (secondary N) is 1. The van der Waals surface area contributed by atoms with Gasteiger partial charge < -0.3 is 15.1 Å². The third-order valence-corrected chi connectivity index (χ3v) is 6.11. The van der Waals surface area contributed by atoms with Crippen LogP contribution in [-0.4, -0.2) is 79.9 Å². The quantitative estimate of drug-likeness (QED) is 0.578. The van der Waals surface area contributed by atoms with E-state index in [9.17, 15) is 18.8 Å². The fraction of sp³-hybridized carbons (Fsp3) is 0.304. The van der Waals surface area contributed by atoms with Crippen molar-refractivity contribution in [2.75, 3.05) is 38.0 Å². The van der Waals surface area contributed by atoms with Gasteiger partial charge in [-0.05, 0) is 19.1 Å². The first-order valence-corrected chi connectivity index (χ1v) is 10.9. The molecule has 4 heterocycles. The van der Waals surface area contributed by atoms with Crippen LogP contribution in [0.4, 0.5) is 10.1 Å². The summed E-state index contributed by atoms with van der Waals surface area (Å²) in [6.45, 7) is 2.90.